The SMILES string of the molecule is Cc1c(Cl)cccc1NCCC(C)C. The Balaban J connectivity index is 2.54. The van der Waals surface area contributed by atoms with Crippen LogP contribution in [-0.2, 0) is 0 Å². The summed E-state index contributed by atoms with van der Waals surface area (Å²) in [6.07, 6.45) is 1.19. The Bertz CT molecular complexity index is 294. The van der Waals surface area contributed by atoms with Crippen molar-refractivity contribution in [3.63, 3.8) is 0 Å². The van der Waals surface area contributed by atoms with Crippen molar-refractivity contribution in [2.75, 3.05) is 11.9 Å². The maximum absolute atomic E-state index is 6.02. The van der Waals surface area contributed by atoms with Crippen molar-refractivity contribution in [3.05, 3.63) is 28.8 Å². The Morgan fingerprint density at radius 1 is 1.36 bits per heavy atom. The average Bonchev–Trinajstić information content (AvgIpc) is 2.12. The smallest absolute Gasteiger partial charge is 0.0455 e. The average molecular weight is 212 g/mol. The maximum atomic E-state index is 6.02. The molecule has 0 saturated carbocycles. The second kappa shape index (κ2) is 5.26. The molecule has 0 radical (unpaired) electrons. The molecule has 0 fully saturated rings. The number of anilines is 1. The normalized spacial score (nSPS) is 10.6. The molecule has 0 spiro atoms. The Morgan fingerprint density at radius 2 is 2.07 bits per heavy atom. The summed E-state index contributed by atoms with van der Waals surface area (Å²) in [5.41, 5.74) is 2.29. The number of halogens is 1. The lowest BCUT2D eigenvalue weighted by Crippen LogP contribution is -2.05. The zero-order valence-electron chi connectivity index (χ0n) is 9.10. The van der Waals surface area contributed by atoms with Crippen LogP contribution in [0.5, 0.6) is 0 Å². The highest BCUT2D eigenvalue weighted by Crippen LogP contribution is 2.22. The number of benzene rings is 1. The fraction of sp³-hybridized carbons (Fsp3) is 0.500. The van der Waals surface area contributed by atoms with Crippen LogP contribution in [0.25, 0.3) is 0 Å². The second-order valence-corrected chi connectivity index (χ2v) is 4.43. The van der Waals surface area contributed by atoms with Crippen LogP contribution in [0, 0.1) is 12.8 Å². The summed E-state index contributed by atoms with van der Waals surface area (Å²) in [6.45, 7) is 7.51. The predicted molar refractivity (Wildman–Crippen MR) is 64.1 cm³/mol. The van der Waals surface area contributed by atoms with Crippen molar-refractivity contribution in [1.29, 1.82) is 0 Å². The Morgan fingerprint density at radius 3 is 2.71 bits per heavy atom. The van der Waals surface area contributed by atoms with Gasteiger partial charge in [-0.3, -0.25) is 0 Å². The molecule has 0 unspecified atom stereocenters. The van der Waals surface area contributed by atoms with E-state index in [0.29, 0.717) is 0 Å². The van der Waals surface area contributed by atoms with Gasteiger partial charge in [-0.05, 0) is 37.0 Å². The summed E-state index contributed by atoms with van der Waals surface area (Å²) in [7, 11) is 0. The summed E-state index contributed by atoms with van der Waals surface area (Å²) < 4.78 is 0. The van der Waals surface area contributed by atoms with Crippen LogP contribution < -0.4 is 5.32 Å². The van der Waals surface area contributed by atoms with Crippen molar-refractivity contribution < 1.29 is 0 Å². The zero-order chi connectivity index (χ0) is 10.6. The number of nitrogens with one attached hydrogen (secondary N) is 1. The van der Waals surface area contributed by atoms with E-state index in [1.807, 2.05) is 19.1 Å². The Kier molecular flexibility index (Phi) is 4.27. The molecule has 0 aromatic heterocycles. The molecular weight excluding hydrogens is 194 g/mol. The molecule has 14 heavy (non-hydrogen) atoms. The molecule has 0 aliphatic rings. The Labute approximate surface area is 91.5 Å². The van der Waals surface area contributed by atoms with Gasteiger partial charge in [-0.25, -0.2) is 0 Å². The first-order chi connectivity index (χ1) is 6.61. The van der Waals surface area contributed by atoms with Crippen LogP contribution in [0.15, 0.2) is 18.2 Å². The molecule has 0 aliphatic heterocycles. The predicted octanol–water partition coefficient (Wildman–Crippen LogP) is 4.11. The van der Waals surface area contributed by atoms with Crippen LogP contribution in [0.2, 0.25) is 5.02 Å². The van der Waals surface area contributed by atoms with Gasteiger partial charge in [0.2, 0.25) is 0 Å². The lowest BCUT2D eigenvalue weighted by molar-refractivity contribution is 0.607. The highest BCUT2D eigenvalue weighted by atomic mass is 35.5. The Hall–Kier alpha value is -0.690. The standard InChI is InChI=1S/C12H18ClN/c1-9(2)7-8-14-12-6-4-5-11(13)10(12)3/h4-6,9,14H,7-8H2,1-3H3. The largest absolute Gasteiger partial charge is 0.385 e. The molecule has 0 bridgehead atoms. The van der Waals surface area contributed by atoms with Crippen LogP contribution in [-0.4, -0.2) is 6.54 Å². The van der Waals surface area contributed by atoms with E-state index in [1.165, 1.54) is 6.42 Å². The van der Waals surface area contributed by atoms with Crippen LogP contribution in [0.4, 0.5) is 5.69 Å². The molecule has 1 aromatic carbocycles. The van der Waals surface area contributed by atoms with E-state index < -0.39 is 0 Å². The fourth-order valence-electron chi connectivity index (χ4n) is 1.29. The lowest BCUT2D eigenvalue weighted by Gasteiger charge is -2.11. The van der Waals surface area contributed by atoms with E-state index in [9.17, 15) is 0 Å². The quantitative estimate of drug-likeness (QED) is 0.791. The van der Waals surface area contributed by atoms with Gasteiger partial charge in [0.25, 0.3) is 0 Å². The van der Waals surface area contributed by atoms with E-state index >= 15 is 0 Å². The van der Waals surface area contributed by atoms with E-state index in [4.69, 9.17) is 11.6 Å². The number of hydrogen-bond donors (Lipinski definition) is 1. The van der Waals surface area contributed by atoms with Crippen LogP contribution in [0.1, 0.15) is 25.8 Å². The van der Waals surface area contributed by atoms with E-state index in [-0.39, 0.29) is 0 Å². The molecule has 0 aliphatic carbocycles. The third-order valence-electron chi connectivity index (χ3n) is 2.30. The summed E-state index contributed by atoms with van der Waals surface area (Å²) in [4.78, 5) is 0. The van der Waals surface area contributed by atoms with Crippen molar-refractivity contribution in [2.45, 2.75) is 27.2 Å². The molecule has 0 atom stereocenters. The minimum absolute atomic E-state index is 0.738. The highest BCUT2D eigenvalue weighted by Gasteiger charge is 2.01. The molecule has 1 aromatic rings. The van der Waals surface area contributed by atoms with Crippen molar-refractivity contribution in [2.24, 2.45) is 5.92 Å². The first kappa shape index (κ1) is 11.4. The van der Waals surface area contributed by atoms with Gasteiger partial charge in [0, 0.05) is 17.3 Å². The number of rotatable bonds is 4. The summed E-state index contributed by atoms with van der Waals surface area (Å²) in [6, 6.07) is 5.97. The summed E-state index contributed by atoms with van der Waals surface area (Å²) in [5, 5.41) is 4.23. The topological polar surface area (TPSA) is 12.0 Å². The zero-order valence-corrected chi connectivity index (χ0v) is 9.86. The molecule has 0 saturated heterocycles. The van der Waals surface area contributed by atoms with E-state index in [2.05, 4.69) is 25.2 Å². The first-order valence-corrected chi connectivity index (χ1v) is 5.48. The molecular formula is C12H18ClN. The summed E-state index contributed by atoms with van der Waals surface area (Å²) >= 11 is 6.02. The molecule has 1 nitrogen and oxygen atoms in total. The van der Waals surface area contributed by atoms with Crippen LogP contribution >= 0.6 is 11.6 Å². The monoisotopic (exact) mass is 211 g/mol. The van der Waals surface area contributed by atoms with Gasteiger partial charge >= 0.3 is 0 Å². The van der Waals surface area contributed by atoms with E-state index in [1.54, 1.807) is 0 Å². The fourth-order valence-corrected chi connectivity index (χ4v) is 1.47. The second-order valence-electron chi connectivity index (χ2n) is 4.02. The van der Waals surface area contributed by atoms with E-state index in [0.717, 1.165) is 28.7 Å². The van der Waals surface area contributed by atoms with Gasteiger partial charge in [-0.15, -0.1) is 0 Å². The lowest BCUT2D eigenvalue weighted by atomic mass is 10.1. The van der Waals surface area contributed by atoms with Gasteiger partial charge < -0.3 is 5.32 Å². The molecule has 0 heterocycles. The first-order valence-electron chi connectivity index (χ1n) is 5.10. The maximum Gasteiger partial charge on any atom is 0.0455 e. The molecule has 2 heteroatoms. The highest BCUT2D eigenvalue weighted by molar-refractivity contribution is 6.31. The molecule has 1 rings (SSSR count). The van der Waals surface area contributed by atoms with Gasteiger partial charge in [0.1, 0.15) is 0 Å². The summed E-state index contributed by atoms with van der Waals surface area (Å²) in [5.74, 6) is 0.738. The number of hydrogen-bond acceptors (Lipinski definition) is 1. The molecule has 78 valence electrons. The van der Waals surface area contributed by atoms with Gasteiger partial charge in [0.05, 0.1) is 0 Å². The molecule has 1 N–H and O–H groups in total. The van der Waals surface area contributed by atoms with Crippen LogP contribution in [0.3, 0.4) is 0 Å². The third-order valence-corrected chi connectivity index (χ3v) is 2.71. The van der Waals surface area contributed by atoms with Gasteiger partial charge in [-0.1, -0.05) is 31.5 Å². The van der Waals surface area contributed by atoms with Crippen molar-refractivity contribution in [1.82, 2.24) is 0 Å². The molecule has 0 amide bonds. The third kappa shape index (κ3) is 3.22. The van der Waals surface area contributed by atoms with Crippen molar-refractivity contribution in [3.8, 4) is 0 Å². The minimum atomic E-state index is 0.738. The minimum Gasteiger partial charge on any atom is -0.385 e. The van der Waals surface area contributed by atoms with Gasteiger partial charge in [-0.2, -0.15) is 0 Å². The van der Waals surface area contributed by atoms with Crippen molar-refractivity contribution >= 4 is 17.3 Å². The van der Waals surface area contributed by atoms with Gasteiger partial charge in [0.15, 0.2) is 0 Å².